The van der Waals surface area contributed by atoms with Crippen molar-refractivity contribution in [3.8, 4) is 0 Å². The molecule has 128 valence electrons. The molecule has 0 atom stereocenters. The summed E-state index contributed by atoms with van der Waals surface area (Å²) in [5.74, 6) is 2.39. The third-order valence-electron chi connectivity index (χ3n) is 4.39. The molecule has 0 aliphatic carbocycles. The van der Waals surface area contributed by atoms with Gasteiger partial charge in [-0.15, -0.1) is 0 Å². The Morgan fingerprint density at radius 1 is 1.04 bits per heavy atom. The number of anilines is 1. The Balaban J connectivity index is 1.61. The Morgan fingerprint density at radius 2 is 1.71 bits per heavy atom. The van der Waals surface area contributed by atoms with Crippen LogP contribution in [0.1, 0.15) is 36.8 Å². The molecule has 1 saturated heterocycles. The van der Waals surface area contributed by atoms with Gasteiger partial charge in [-0.05, 0) is 24.6 Å². The second-order valence-corrected chi connectivity index (χ2v) is 7.69. The molecule has 1 aromatic carbocycles. The monoisotopic (exact) mass is 388 g/mol. The van der Waals surface area contributed by atoms with Crippen molar-refractivity contribution in [1.29, 1.82) is 0 Å². The molecule has 0 amide bonds. The Hall–Kier alpha value is -1.46. The van der Waals surface area contributed by atoms with Gasteiger partial charge < -0.3 is 4.90 Å². The number of nitrogens with zero attached hydrogens (tertiary/aromatic N) is 4. The zero-order chi connectivity index (χ0) is 17.1. The maximum absolute atomic E-state index is 4.77. The summed E-state index contributed by atoms with van der Waals surface area (Å²) in [5.41, 5.74) is 2.42. The van der Waals surface area contributed by atoms with Gasteiger partial charge in [0.2, 0.25) is 0 Å². The van der Waals surface area contributed by atoms with Crippen molar-refractivity contribution in [2.45, 2.75) is 33.2 Å². The standard InChI is InChI=1S/C19H25BrN4/c1-14(2)19-21-15(3)12-18(22-19)24-10-8-23(9-11-24)13-16-4-6-17(20)7-5-16/h4-7,12,14H,8-11,13H2,1-3H3. The van der Waals surface area contributed by atoms with Crippen molar-refractivity contribution < 1.29 is 0 Å². The van der Waals surface area contributed by atoms with Crippen LogP contribution in [0.3, 0.4) is 0 Å². The van der Waals surface area contributed by atoms with Crippen LogP contribution >= 0.6 is 15.9 Å². The molecule has 1 fully saturated rings. The first-order valence-corrected chi connectivity index (χ1v) is 9.38. The molecule has 2 heterocycles. The van der Waals surface area contributed by atoms with E-state index in [1.54, 1.807) is 0 Å². The highest BCUT2D eigenvalue weighted by atomic mass is 79.9. The van der Waals surface area contributed by atoms with Gasteiger partial charge in [0.1, 0.15) is 11.6 Å². The number of piperazine rings is 1. The van der Waals surface area contributed by atoms with Crippen molar-refractivity contribution in [3.05, 3.63) is 51.9 Å². The number of aryl methyl sites for hydroxylation is 1. The largest absolute Gasteiger partial charge is 0.354 e. The molecule has 4 nitrogen and oxygen atoms in total. The van der Waals surface area contributed by atoms with E-state index in [1.165, 1.54) is 5.56 Å². The average Bonchev–Trinajstić information content (AvgIpc) is 2.57. The van der Waals surface area contributed by atoms with Crippen molar-refractivity contribution in [1.82, 2.24) is 14.9 Å². The highest BCUT2D eigenvalue weighted by molar-refractivity contribution is 9.10. The van der Waals surface area contributed by atoms with Crippen LogP contribution in [0, 0.1) is 6.92 Å². The average molecular weight is 389 g/mol. The molecular weight excluding hydrogens is 364 g/mol. The van der Waals surface area contributed by atoms with E-state index in [9.17, 15) is 0 Å². The Bertz CT molecular complexity index is 676. The summed E-state index contributed by atoms with van der Waals surface area (Å²) < 4.78 is 1.14. The van der Waals surface area contributed by atoms with Crippen LogP contribution in [-0.2, 0) is 6.54 Å². The Morgan fingerprint density at radius 3 is 2.33 bits per heavy atom. The van der Waals surface area contributed by atoms with E-state index in [0.717, 1.165) is 54.5 Å². The first-order valence-electron chi connectivity index (χ1n) is 8.58. The predicted molar refractivity (Wildman–Crippen MR) is 102 cm³/mol. The molecule has 0 radical (unpaired) electrons. The molecule has 1 aliphatic heterocycles. The van der Waals surface area contributed by atoms with Gasteiger partial charge in [0.15, 0.2) is 0 Å². The minimum Gasteiger partial charge on any atom is -0.354 e. The molecule has 0 unspecified atom stereocenters. The van der Waals surface area contributed by atoms with Crippen LogP contribution < -0.4 is 4.90 Å². The first-order chi connectivity index (χ1) is 11.5. The minimum absolute atomic E-state index is 0.363. The second-order valence-electron chi connectivity index (χ2n) is 6.77. The lowest BCUT2D eigenvalue weighted by Gasteiger charge is -2.35. The molecule has 0 saturated carbocycles. The molecular formula is C19H25BrN4. The number of benzene rings is 1. The van der Waals surface area contributed by atoms with Crippen LogP contribution in [0.5, 0.6) is 0 Å². The molecule has 5 heteroatoms. The number of aromatic nitrogens is 2. The summed E-state index contributed by atoms with van der Waals surface area (Å²) in [6, 6.07) is 10.7. The van der Waals surface area contributed by atoms with Crippen molar-refractivity contribution >= 4 is 21.7 Å². The molecule has 2 aromatic rings. The molecule has 3 rings (SSSR count). The summed E-state index contributed by atoms with van der Waals surface area (Å²) in [6.45, 7) is 11.5. The molecule has 1 aromatic heterocycles. The van der Waals surface area contributed by atoms with E-state index in [4.69, 9.17) is 4.98 Å². The summed E-state index contributed by atoms with van der Waals surface area (Å²) in [6.07, 6.45) is 0. The van der Waals surface area contributed by atoms with Gasteiger partial charge in [0.05, 0.1) is 0 Å². The molecule has 0 bridgehead atoms. The van der Waals surface area contributed by atoms with Crippen molar-refractivity contribution in [3.63, 3.8) is 0 Å². The highest BCUT2D eigenvalue weighted by Crippen LogP contribution is 2.19. The number of hydrogen-bond acceptors (Lipinski definition) is 4. The first kappa shape index (κ1) is 17.4. The zero-order valence-electron chi connectivity index (χ0n) is 14.7. The topological polar surface area (TPSA) is 32.3 Å². The lowest BCUT2D eigenvalue weighted by Crippen LogP contribution is -2.46. The van der Waals surface area contributed by atoms with Crippen molar-refractivity contribution in [2.75, 3.05) is 31.1 Å². The molecule has 1 aliphatic rings. The van der Waals surface area contributed by atoms with E-state index < -0.39 is 0 Å². The Kier molecular flexibility index (Phi) is 5.51. The van der Waals surface area contributed by atoms with Gasteiger partial charge in [0.25, 0.3) is 0 Å². The summed E-state index contributed by atoms with van der Waals surface area (Å²) >= 11 is 3.49. The van der Waals surface area contributed by atoms with Crippen molar-refractivity contribution in [2.24, 2.45) is 0 Å². The second kappa shape index (κ2) is 7.62. The normalized spacial score (nSPS) is 16.0. The van der Waals surface area contributed by atoms with Crippen LogP contribution in [-0.4, -0.2) is 41.0 Å². The van der Waals surface area contributed by atoms with E-state index in [1.807, 2.05) is 0 Å². The fourth-order valence-corrected chi connectivity index (χ4v) is 3.24. The number of hydrogen-bond donors (Lipinski definition) is 0. The van der Waals surface area contributed by atoms with E-state index in [-0.39, 0.29) is 0 Å². The fraction of sp³-hybridized carbons (Fsp3) is 0.474. The number of halogens is 1. The maximum Gasteiger partial charge on any atom is 0.133 e. The SMILES string of the molecule is Cc1cc(N2CCN(Cc3ccc(Br)cc3)CC2)nc(C(C)C)n1. The van der Waals surface area contributed by atoms with Gasteiger partial charge in [-0.25, -0.2) is 9.97 Å². The van der Waals surface area contributed by atoms with Gasteiger partial charge in [-0.1, -0.05) is 41.9 Å². The van der Waals surface area contributed by atoms with E-state index in [0.29, 0.717) is 5.92 Å². The van der Waals surface area contributed by atoms with Gasteiger partial charge >= 0.3 is 0 Å². The van der Waals surface area contributed by atoms with Gasteiger partial charge in [-0.3, -0.25) is 4.90 Å². The lowest BCUT2D eigenvalue weighted by atomic mass is 10.2. The molecule has 24 heavy (non-hydrogen) atoms. The summed E-state index contributed by atoms with van der Waals surface area (Å²) in [7, 11) is 0. The number of rotatable bonds is 4. The van der Waals surface area contributed by atoms with Gasteiger partial charge in [-0.2, -0.15) is 0 Å². The third-order valence-corrected chi connectivity index (χ3v) is 4.92. The van der Waals surface area contributed by atoms with E-state index >= 15 is 0 Å². The van der Waals surface area contributed by atoms with Gasteiger partial charge in [0, 0.05) is 54.9 Å². The van der Waals surface area contributed by atoms with Crippen LogP contribution in [0.15, 0.2) is 34.8 Å². The summed E-state index contributed by atoms with van der Waals surface area (Å²) in [4.78, 5) is 14.2. The molecule has 0 spiro atoms. The minimum atomic E-state index is 0.363. The summed E-state index contributed by atoms with van der Waals surface area (Å²) in [5, 5.41) is 0. The molecule has 0 N–H and O–H groups in total. The Labute approximate surface area is 153 Å². The predicted octanol–water partition coefficient (Wildman–Crippen LogP) is 3.99. The highest BCUT2D eigenvalue weighted by Gasteiger charge is 2.19. The smallest absolute Gasteiger partial charge is 0.133 e. The third kappa shape index (κ3) is 4.33. The quantitative estimate of drug-likeness (QED) is 0.792. The lowest BCUT2D eigenvalue weighted by molar-refractivity contribution is 0.249. The maximum atomic E-state index is 4.77. The van der Waals surface area contributed by atoms with Crippen LogP contribution in [0.25, 0.3) is 0 Å². The fourth-order valence-electron chi connectivity index (χ4n) is 2.98. The van der Waals surface area contributed by atoms with E-state index in [2.05, 4.69) is 81.8 Å². The zero-order valence-corrected chi connectivity index (χ0v) is 16.3. The van der Waals surface area contributed by atoms with Crippen LogP contribution in [0.2, 0.25) is 0 Å². The van der Waals surface area contributed by atoms with Crippen LogP contribution in [0.4, 0.5) is 5.82 Å².